The Morgan fingerprint density at radius 3 is 2.35 bits per heavy atom. The maximum Gasteiger partial charge on any atom is 0.243 e. The molecular formula is C21H23NO3S. The molecule has 2 aromatic rings. The molecule has 1 heterocycles. The van der Waals surface area contributed by atoms with E-state index in [2.05, 4.69) is 6.58 Å². The van der Waals surface area contributed by atoms with Crippen molar-refractivity contribution in [3.8, 4) is 0 Å². The third-order valence-electron chi connectivity index (χ3n) is 4.34. The van der Waals surface area contributed by atoms with E-state index in [0.29, 0.717) is 4.90 Å². The number of sulfonamides is 1. The highest BCUT2D eigenvalue weighted by Crippen LogP contribution is 2.23. The van der Waals surface area contributed by atoms with Gasteiger partial charge in [0.05, 0.1) is 17.1 Å². The molecule has 3 rings (SSSR count). The lowest BCUT2D eigenvalue weighted by molar-refractivity contribution is -0.0144. The van der Waals surface area contributed by atoms with Crippen LogP contribution in [0.4, 0.5) is 0 Å². The van der Waals surface area contributed by atoms with Crippen LogP contribution in [0.15, 0.2) is 78.2 Å². The summed E-state index contributed by atoms with van der Waals surface area (Å²) >= 11 is 0. The largest absolute Gasteiger partial charge is 0.364 e. The molecule has 1 aliphatic heterocycles. The SMILES string of the molecule is C=C[C@@H]1CN(S(=O)(=O)c2ccc(C)cc2)C[C@H](/C=C/c2ccccc2)O1. The third kappa shape index (κ3) is 4.30. The molecule has 0 radical (unpaired) electrons. The number of hydrogen-bond donors (Lipinski definition) is 0. The maximum atomic E-state index is 13.0. The van der Waals surface area contributed by atoms with Gasteiger partial charge in [0.1, 0.15) is 0 Å². The van der Waals surface area contributed by atoms with Crippen LogP contribution in [0.1, 0.15) is 11.1 Å². The Bertz CT molecular complexity index is 873. The van der Waals surface area contributed by atoms with Crippen LogP contribution in [-0.2, 0) is 14.8 Å². The van der Waals surface area contributed by atoms with E-state index in [4.69, 9.17) is 4.74 Å². The molecule has 5 heteroatoms. The summed E-state index contributed by atoms with van der Waals surface area (Å²) in [4.78, 5) is 0.304. The second-order valence-electron chi connectivity index (χ2n) is 6.35. The van der Waals surface area contributed by atoms with Crippen molar-refractivity contribution < 1.29 is 13.2 Å². The second kappa shape index (κ2) is 7.99. The van der Waals surface area contributed by atoms with E-state index in [0.717, 1.165) is 11.1 Å². The van der Waals surface area contributed by atoms with Crippen LogP contribution in [0.25, 0.3) is 6.08 Å². The van der Waals surface area contributed by atoms with Crippen LogP contribution in [0.2, 0.25) is 0 Å². The Morgan fingerprint density at radius 1 is 1.04 bits per heavy atom. The van der Waals surface area contributed by atoms with E-state index in [1.165, 1.54) is 4.31 Å². The third-order valence-corrected chi connectivity index (χ3v) is 6.19. The average molecular weight is 369 g/mol. The zero-order valence-electron chi connectivity index (χ0n) is 14.8. The summed E-state index contributed by atoms with van der Waals surface area (Å²) in [5, 5.41) is 0. The van der Waals surface area contributed by atoms with Crippen molar-refractivity contribution in [3.05, 3.63) is 84.5 Å². The van der Waals surface area contributed by atoms with Gasteiger partial charge >= 0.3 is 0 Å². The monoisotopic (exact) mass is 369 g/mol. The van der Waals surface area contributed by atoms with Crippen molar-refractivity contribution in [1.82, 2.24) is 4.31 Å². The Balaban J connectivity index is 1.82. The summed E-state index contributed by atoms with van der Waals surface area (Å²) in [5.41, 5.74) is 2.07. The zero-order valence-corrected chi connectivity index (χ0v) is 15.6. The molecule has 2 atom stereocenters. The highest BCUT2D eigenvalue weighted by atomic mass is 32.2. The number of hydrogen-bond acceptors (Lipinski definition) is 3. The van der Waals surface area contributed by atoms with Gasteiger partial charge in [-0.15, -0.1) is 6.58 Å². The molecule has 0 bridgehead atoms. The van der Waals surface area contributed by atoms with Crippen molar-refractivity contribution in [1.29, 1.82) is 0 Å². The number of ether oxygens (including phenoxy) is 1. The average Bonchev–Trinajstić information content (AvgIpc) is 2.67. The van der Waals surface area contributed by atoms with Gasteiger partial charge < -0.3 is 4.74 Å². The number of nitrogens with zero attached hydrogens (tertiary/aromatic N) is 1. The lowest BCUT2D eigenvalue weighted by Gasteiger charge is -2.35. The lowest BCUT2D eigenvalue weighted by Crippen LogP contribution is -2.48. The van der Waals surface area contributed by atoms with E-state index in [1.54, 1.807) is 18.2 Å². The predicted molar refractivity (Wildman–Crippen MR) is 104 cm³/mol. The van der Waals surface area contributed by atoms with E-state index < -0.39 is 10.0 Å². The highest BCUT2D eigenvalue weighted by Gasteiger charge is 2.33. The van der Waals surface area contributed by atoms with Gasteiger partial charge in [-0.2, -0.15) is 4.31 Å². The molecule has 2 aromatic carbocycles. The Kier molecular flexibility index (Phi) is 5.71. The van der Waals surface area contributed by atoms with E-state index in [9.17, 15) is 8.42 Å². The van der Waals surface area contributed by atoms with Gasteiger partial charge in [-0.1, -0.05) is 66.3 Å². The van der Waals surface area contributed by atoms with Crippen molar-refractivity contribution in [2.24, 2.45) is 0 Å². The van der Waals surface area contributed by atoms with Crippen molar-refractivity contribution >= 4 is 16.1 Å². The Hall–Kier alpha value is -2.21. The molecule has 136 valence electrons. The van der Waals surface area contributed by atoms with Crippen molar-refractivity contribution in [2.75, 3.05) is 13.1 Å². The number of rotatable bonds is 5. The quantitative estimate of drug-likeness (QED) is 0.756. The molecule has 0 aromatic heterocycles. The molecule has 4 nitrogen and oxygen atoms in total. The van der Waals surface area contributed by atoms with Gasteiger partial charge in [0.25, 0.3) is 0 Å². The minimum atomic E-state index is -3.57. The Morgan fingerprint density at radius 2 is 1.69 bits per heavy atom. The van der Waals surface area contributed by atoms with Gasteiger partial charge in [0, 0.05) is 13.1 Å². The normalized spacial score (nSPS) is 21.7. The number of morpholine rings is 1. The zero-order chi connectivity index (χ0) is 18.6. The van der Waals surface area contributed by atoms with Crippen molar-refractivity contribution in [2.45, 2.75) is 24.0 Å². The van der Waals surface area contributed by atoms with Gasteiger partial charge in [-0.25, -0.2) is 8.42 Å². The van der Waals surface area contributed by atoms with Crippen LogP contribution in [0.3, 0.4) is 0 Å². The molecule has 1 fully saturated rings. The first-order valence-electron chi connectivity index (χ1n) is 8.57. The summed E-state index contributed by atoms with van der Waals surface area (Å²) in [6.45, 7) is 6.26. The lowest BCUT2D eigenvalue weighted by atomic mass is 10.1. The summed E-state index contributed by atoms with van der Waals surface area (Å²) in [6, 6.07) is 16.8. The fourth-order valence-electron chi connectivity index (χ4n) is 2.86. The van der Waals surface area contributed by atoms with Crippen LogP contribution >= 0.6 is 0 Å². The fraction of sp³-hybridized carbons (Fsp3) is 0.238. The first kappa shape index (κ1) is 18.6. The second-order valence-corrected chi connectivity index (χ2v) is 8.29. The molecule has 0 saturated carbocycles. The van der Waals surface area contributed by atoms with Crippen molar-refractivity contribution in [3.63, 3.8) is 0 Å². The van der Waals surface area contributed by atoms with E-state index in [-0.39, 0.29) is 25.3 Å². The summed E-state index contributed by atoms with van der Waals surface area (Å²) in [6.07, 6.45) is 4.84. The molecular weight excluding hydrogens is 346 g/mol. The molecule has 26 heavy (non-hydrogen) atoms. The molecule has 0 spiro atoms. The summed E-state index contributed by atoms with van der Waals surface area (Å²) < 4.78 is 33.4. The number of benzene rings is 2. The molecule has 0 aliphatic carbocycles. The molecule has 1 saturated heterocycles. The van der Waals surface area contributed by atoms with Gasteiger partial charge in [0.15, 0.2) is 0 Å². The van der Waals surface area contributed by atoms with E-state index >= 15 is 0 Å². The van der Waals surface area contributed by atoms with Gasteiger partial charge in [-0.05, 0) is 24.6 Å². The summed E-state index contributed by atoms with van der Waals surface area (Å²) in [7, 11) is -3.57. The van der Waals surface area contributed by atoms with E-state index in [1.807, 2.05) is 61.5 Å². The minimum absolute atomic E-state index is 0.273. The van der Waals surface area contributed by atoms with Gasteiger partial charge in [0.2, 0.25) is 10.0 Å². The standard InChI is InChI=1S/C21H23NO3S/c1-3-19-15-22(26(23,24)21-13-9-17(2)10-14-21)16-20(25-19)12-11-18-7-5-4-6-8-18/h3-14,19-20H,1,15-16H2,2H3/b12-11+/t19-,20+/m1/s1. The summed E-state index contributed by atoms with van der Waals surface area (Å²) in [5.74, 6) is 0. The first-order chi connectivity index (χ1) is 12.5. The highest BCUT2D eigenvalue weighted by molar-refractivity contribution is 7.89. The van der Waals surface area contributed by atoms with Gasteiger partial charge in [-0.3, -0.25) is 0 Å². The minimum Gasteiger partial charge on any atom is -0.364 e. The fourth-order valence-corrected chi connectivity index (χ4v) is 4.33. The topological polar surface area (TPSA) is 46.6 Å². The molecule has 0 amide bonds. The molecule has 0 N–H and O–H groups in total. The van der Waals surface area contributed by atoms with Crippen LogP contribution in [0, 0.1) is 6.92 Å². The predicted octanol–water partition coefficient (Wildman–Crippen LogP) is 3.65. The molecule has 1 aliphatic rings. The van der Waals surface area contributed by atoms with Crippen LogP contribution < -0.4 is 0 Å². The van der Waals surface area contributed by atoms with Crippen LogP contribution in [-0.4, -0.2) is 38.0 Å². The number of aryl methyl sites for hydroxylation is 1. The smallest absolute Gasteiger partial charge is 0.243 e. The first-order valence-corrected chi connectivity index (χ1v) is 10.0. The molecule has 0 unspecified atom stereocenters. The van der Waals surface area contributed by atoms with Crippen LogP contribution in [0.5, 0.6) is 0 Å². The Labute approximate surface area is 155 Å². The maximum absolute atomic E-state index is 13.0.